The van der Waals surface area contributed by atoms with Crippen LogP contribution in [0.15, 0.2) is 24.3 Å². The second-order valence-corrected chi connectivity index (χ2v) is 4.19. The molecule has 0 bridgehead atoms. The molecule has 1 aliphatic carbocycles. The normalized spacial score (nSPS) is 17.3. The molecular weight excluding hydrogens is 202 g/mol. The molecule has 5 nitrogen and oxygen atoms in total. The lowest BCUT2D eigenvalue weighted by Gasteiger charge is -2.08. The summed E-state index contributed by atoms with van der Waals surface area (Å²) in [6.45, 7) is 0. The van der Waals surface area contributed by atoms with Crippen molar-refractivity contribution < 1.29 is 0 Å². The zero-order chi connectivity index (χ0) is 11.0. The van der Waals surface area contributed by atoms with E-state index in [2.05, 4.69) is 44.9 Å². The van der Waals surface area contributed by atoms with Gasteiger partial charge in [-0.15, -0.1) is 10.2 Å². The zero-order valence-electron chi connectivity index (χ0n) is 8.80. The smallest absolute Gasteiger partial charge is 0.195 e. The van der Waals surface area contributed by atoms with Crippen LogP contribution in [-0.4, -0.2) is 20.6 Å². The van der Waals surface area contributed by atoms with Crippen LogP contribution in [0.1, 0.15) is 41.8 Å². The van der Waals surface area contributed by atoms with Gasteiger partial charge in [-0.3, -0.25) is 0 Å². The summed E-state index contributed by atoms with van der Waals surface area (Å²) in [6.07, 6.45) is 2.63. The summed E-state index contributed by atoms with van der Waals surface area (Å²) in [5.41, 5.74) is 8.44. The fourth-order valence-corrected chi connectivity index (χ4v) is 1.84. The number of hydrogen-bond acceptors (Lipinski definition) is 4. The molecule has 82 valence electrons. The van der Waals surface area contributed by atoms with Gasteiger partial charge in [0, 0.05) is 0 Å². The molecule has 3 N–H and O–H groups in total. The summed E-state index contributed by atoms with van der Waals surface area (Å²) in [7, 11) is 0. The maximum Gasteiger partial charge on any atom is 0.195 e. The lowest BCUT2D eigenvalue weighted by molar-refractivity contribution is 0.784. The van der Waals surface area contributed by atoms with Crippen LogP contribution in [0.4, 0.5) is 0 Å². The fourth-order valence-electron chi connectivity index (χ4n) is 1.84. The largest absolute Gasteiger partial charge is 0.318 e. The molecule has 2 aromatic rings. The fraction of sp³-hybridized carbons (Fsp3) is 0.364. The number of hydrogen-bond donors (Lipinski definition) is 2. The number of benzene rings is 1. The Morgan fingerprint density at radius 2 is 2.00 bits per heavy atom. The zero-order valence-corrected chi connectivity index (χ0v) is 8.80. The van der Waals surface area contributed by atoms with Crippen LogP contribution in [0.3, 0.4) is 0 Å². The molecule has 0 saturated heterocycles. The minimum Gasteiger partial charge on any atom is -0.318 e. The number of nitrogens with two attached hydrogens (primary N) is 1. The Labute approximate surface area is 93.1 Å². The molecule has 1 heterocycles. The van der Waals surface area contributed by atoms with Crippen LogP contribution in [0.5, 0.6) is 0 Å². The summed E-state index contributed by atoms with van der Waals surface area (Å²) in [6, 6.07) is 8.09. The predicted octanol–water partition coefficient (Wildman–Crippen LogP) is 1.13. The molecule has 0 aliphatic heterocycles. The SMILES string of the molecule is NC(c1ccc(C2CC2)cc1)c1nn[nH]n1. The van der Waals surface area contributed by atoms with Gasteiger partial charge in [0.2, 0.25) is 0 Å². The standard InChI is InChI=1S/C11H13N5/c12-10(11-13-15-16-14-11)9-5-3-8(4-6-9)7-1-2-7/h3-7,10H,1-2,12H2,(H,13,14,15,16). The Morgan fingerprint density at radius 3 is 2.56 bits per heavy atom. The second kappa shape index (κ2) is 3.68. The highest BCUT2D eigenvalue weighted by atomic mass is 15.5. The maximum atomic E-state index is 6.02. The topological polar surface area (TPSA) is 80.5 Å². The molecule has 16 heavy (non-hydrogen) atoms. The second-order valence-electron chi connectivity index (χ2n) is 4.19. The monoisotopic (exact) mass is 215 g/mol. The molecule has 1 aliphatic rings. The van der Waals surface area contributed by atoms with Crippen LogP contribution in [0, 0.1) is 0 Å². The van der Waals surface area contributed by atoms with Gasteiger partial charge in [-0.25, -0.2) is 0 Å². The van der Waals surface area contributed by atoms with E-state index in [9.17, 15) is 0 Å². The highest BCUT2D eigenvalue weighted by Gasteiger charge is 2.23. The summed E-state index contributed by atoms with van der Waals surface area (Å²) >= 11 is 0. The van der Waals surface area contributed by atoms with Crippen LogP contribution in [-0.2, 0) is 0 Å². The van der Waals surface area contributed by atoms with E-state index in [1.54, 1.807) is 0 Å². The minimum absolute atomic E-state index is 0.299. The third-order valence-electron chi connectivity index (χ3n) is 2.98. The van der Waals surface area contributed by atoms with Crippen LogP contribution >= 0.6 is 0 Å². The summed E-state index contributed by atoms with van der Waals surface area (Å²) < 4.78 is 0. The number of nitrogens with zero attached hydrogens (tertiary/aromatic N) is 3. The first-order valence-electron chi connectivity index (χ1n) is 5.43. The Balaban J connectivity index is 1.83. The minimum atomic E-state index is -0.299. The Bertz CT molecular complexity index is 458. The Morgan fingerprint density at radius 1 is 1.25 bits per heavy atom. The van der Waals surface area contributed by atoms with Gasteiger partial charge in [0.05, 0.1) is 6.04 Å². The van der Waals surface area contributed by atoms with Crippen molar-refractivity contribution >= 4 is 0 Å². The summed E-state index contributed by atoms with van der Waals surface area (Å²) in [5, 5.41) is 13.7. The first-order chi connectivity index (χ1) is 7.84. The molecule has 1 aromatic carbocycles. The maximum absolute atomic E-state index is 6.02. The van der Waals surface area contributed by atoms with Crippen molar-refractivity contribution in [2.24, 2.45) is 5.73 Å². The molecular formula is C11H13N5. The molecule has 0 radical (unpaired) electrons. The van der Waals surface area contributed by atoms with E-state index in [0.717, 1.165) is 11.5 Å². The van der Waals surface area contributed by atoms with E-state index >= 15 is 0 Å². The summed E-state index contributed by atoms with van der Waals surface area (Å²) in [5.74, 6) is 1.30. The summed E-state index contributed by atoms with van der Waals surface area (Å²) in [4.78, 5) is 0. The lowest BCUT2D eigenvalue weighted by atomic mass is 10.0. The van der Waals surface area contributed by atoms with Gasteiger partial charge in [0.25, 0.3) is 0 Å². The third-order valence-corrected chi connectivity index (χ3v) is 2.98. The van der Waals surface area contributed by atoms with E-state index in [0.29, 0.717) is 5.82 Å². The van der Waals surface area contributed by atoms with E-state index in [1.807, 2.05) is 0 Å². The average molecular weight is 215 g/mol. The lowest BCUT2D eigenvalue weighted by Crippen LogP contribution is -2.13. The van der Waals surface area contributed by atoms with Crippen molar-refractivity contribution in [3.8, 4) is 0 Å². The third kappa shape index (κ3) is 1.69. The number of nitrogens with one attached hydrogen (secondary N) is 1. The number of aromatic nitrogens is 4. The van der Waals surface area contributed by atoms with Crippen molar-refractivity contribution in [3.05, 3.63) is 41.2 Å². The van der Waals surface area contributed by atoms with Crippen molar-refractivity contribution in [2.75, 3.05) is 0 Å². The molecule has 1 aromatic heterocycles. The van der Waals surface area contributed by atoms with Crippen LogP contribution in [0.2, 0.25) is 0 Å². The van der Waals surface area contributed by atoms with E-state index in [4.69, 9.17) is 5.73 Å². The Hall–Kier alpha value is -1.75. The van der Waals surface area contributed by atoms with Gasteiger partial charge in [-0.05, 0) is 29.9 Å². The van der Waals surface area contributed by atoms with Gasteiger partial charge < -0.3 is 5.73 Å². The van der Waals surface area contributed by atoms with Gasteiger partial charge in [-0.1, -0.05) is 29.5 Å². The van der Waals surface area contributed by atoms with Gasteiger partial charge in [0.1, 0.15) is 0 Å². The number of aromatic amines is 1. The van der Waals surface area contributed by atoms with Crippen molar-refractivity contribution in [2.45, 2.75) is 24.8 Å². The first-order valence-corrected chi connectivity index (χ1v) is 5.43. The number of tetrazole rings is 1. The number of H-pyrrole nitrogens is 1. The highest BCUT2D eigenvalue weighted by molar-refractivity contribution is 5.31. The highest BCUT2D eigenvalue weighted by Crippen LogP contribution is 2.40. The van der Waals surface area contributed by atoms with E-state index in [-0.39, 0.29) is 6.04 Å². The molecule has 5 heteroatoms. The van der Waals surface area contributed by atoms with Crippen LogP contribution < -0.4 is 5.73 Å². The van der Waals surface area contributed by atoms with Gasteiger partial charge >= 0.3 is 0 Å². The van der Waals surface area contributed by atoms with Crippen molar-refractivity contribution in [1.82, 2.24) is 20.6 Å². The van der Waals surface area contributed by atoms with Crippen molar-refractivity contribution in [3.63, 3.8) is 0 Å². The van der Waals surface area contributed by atoms with Gasteiger partial charge in [0.15, 0.2) is 5.82 Å². The molecule has 1 fully saturated rings. The van der Waals surface area contributed by atoms with Crippen LogP contribution in [0.25, 0.3) is 0 Å². The van der Waals surface area contributed by atoms with Crippen molar-refractivity contribution in [1.29, 1.82) is 0 Å². The number of rotatable bonds is 3. The predicted molar refractivity (Wildman–Crippen MR) is 58.6 cm³/mol. The quantitative estimate of drug-likeness (QED) is 0.804. The molecule has 1 atom stereocenters. The van der Waals surface area contributed by atoms with Gasteiger partial charge in [-0.2, -0.15) is 5.21 Å². The average Bonchev–Trinajstić information content (AvgIpc) is 3.04. The molecule has 1 saturated carbocycles. The van der Waals surface area contributed by atoms with E-state index < -0.39 is 0 Å². The first kappa shape index (κ1) is 9.47. The molecule has 1 unspecified atom stereocenters. The molecule has 0 amide bonds. The Kier molecular flexibility index (Phi) is 2.18. The molecule has 0 spiro atoms. The molecule has 3 rings (SSSR count). The van der Waals surface area contributed by atoms with E-state index in [1.165, 1.54) is 18.4 Å².